The van der Waals surface area contributed by atoms with Gasteiger partial charge in [-0.15, -0.1) is 0 Å². The number of nitrogens with one attached hydrogen (secondary N) is 1. The fourth-order valence-corrected chi connectivity index (χ4v) is 2.80. The van der Waals surface area contributed by atoms with Crippen LogP contribution in [0.1, 0.15) is 16.1 Å². The Balaban J connectivity index is 1.64. The van der Waals surface area contributed by atoms with Crippen molar-refractivity contribution in [3.05, 3.63) is 60.1 Å². The van der Waals surface area contributed by atoms with Crippen molar-refractivity contribution in [3.8, 4) is 28.6 Å². The van der Waals surface area contributed by atoms with Gasteiger partial charge in [-0.05, 0) is 48.4 Å². The SMILES string of the molecule is COc1ccc(-c2ocnc2C(=O)NCCc2ccc(OC)c(OC)c2)cc1. The van der Waals surface area contributed by atoms with E-state index in [0.717, 1.165) is 16.9 Å². The quantitative estimate of drug-likeness (QED) is 0.643. The van der Waals surface area contributed by atoms with E-state index >= 15 is 0 Å². The Hall–Kier alpha value is -3.48. The molecule has 7 nitrogen and oxygen atoms in total. The first-order chi connectivity index (χ1) is 13.7. The molecule has 1 aromatic heterocycles. The second-order valence-electron chi connectivity index (χ2n) is 5.95. The number of aromatic nitrogens is 1. The summed E-state index contributed by atoms with van der Waals surface area (Å²) in [6, 6.07) is 12.9. The fourth-order valence-electron chi connectivity index (χ4n) is 2.80. The van der Waals surface area contributed by atoms with Crippen molar-refractivity contribution < 1.29 is 23.4 Å². The Labute approximate surface area is 163 Å². The predicted octanol–water partition coefficient (Wildman–Crippen LogP) is 3.34. The highest BCUT2D eigenvalue weighted by atomic mass is 16.5. The van der Waals surface area contributed by atoms with Gasteiger partial charge < -0.3 is 23.9 Å². The van der Waals surface area contributed by atoms with Crippen LogP contribution in [0.3, 0.4) is 0 Å². The standard InChI is InChI=1S/C21H22N2O5/c1-25-16-7-5-15(6-8-16)20-19(23-13-28-20)21(24)22-11-10-14-4-9-17(26-2)18(12-14)27-3/h4-9,12-13H,10-11H2,1-3H3,(H,22,24). The largest absolute Gasteiger partial charge is 0.497 e. The zero-order valence-corrected chi connectivity index (χ0v) is 16.0. The van der Waals surface area contributed by atoms with Gasteiger partial charge in [0, 0.05) is 12.1 Å². The lowest BCUT2D eigenvalue weighted by atomic mass is 10.1. The molecular formula is C21H22N2O5. The number of rotatable bonds is 8. The molecule has 0 aliphatic rings. The summed E-state index contributed by atoms with van der Waals surface area (Å²) in [5, 5.41) is 2.87. The van der Waals surface area contributed by atoms with Crippen LogP contribution in [-0.4, -0.2) is 38.8 Å². The molecule has 1 N–H and O–H groups in total. The lowest BCUT2D eigenvalue weighted by Crippen LogP contribution is -2.26. The van der Waals surface area contributed by atoms with Crippen LogP contribution in [0.15, 0.2) is 53.3 Å². The number of oxazole rings is 1. The Morgan fingerprint density at radius 2 is 1.75 bits per heavy atom. The molecule has 3 rings (SSSR count). The number of hydrogen-bond acceptors (Lipinski definition) is 6. The monoisotopic (exact) mass is 382 g/mol. The molecule has 1 amide bonds. The second-order valence-corrected chi connectivity index (χ2v) is 5.95. The molecule has 0 spiro atoms. The third-order valence-electron chi connectivity index (χ3n) is 4.28. The Morgan fingerprint density at radius 3 is 2.43 bits per heavy atom. The smallest absolute Gasteiger partial charge is 0.273 e. The maximum absolute atomic E-state index is 12.5. The van der Waals surface area contributed by atoms with E-state index in [1.165, 1.54) is 6.39 Å². The van der Waals surface area contributed by atoms with Crippen molar-refractivity contribution >= 4 is 5.91 Å². The lowest BCUT2D eigenvalue weighted by molar-refractivity contribution is 0.0950. The summed E-state index contributed by atoms with van der Waals surface area (Å²) < 4.78 is 21.1. The van der Waals surface area contributed by atoms with E-state index in [9.17, 15) is 4.79 Å². The van der Waals surface area contributed by atoms with E-state index in [-0.39, 0.29) is 11.6 Å². The van der Waals surface area contributed by atoms with E-state index in [1.807, 2.05) is 30.3 Å². The number of amides is 1. The molecule has 0 atom stereocenters. The topological polar surface area (TPSA) is 82.8 Å². The first kappa shape index (κ1) is 19.3. The van der Waals surface area contributed by atoms with Crippen molar-refractivity contribution in [1.82, 2.24) is 10.3 Å². The van der Waals surface area contributed by atoms with E-state index < -0.39 is 0 Å². The number of carbonyl (C=O) groups is 1. The van der Waals surface area contributed by atoms with E-state index in [1.54, 1.807) is 33.5 Å². The van der Waals surface area contributed by atoms with Gasteiger partial charge in [0.05, 0.1) is 21.3 Å². The summed E-state index contributed by atoms with van der Waals surface area (Å²) in [5.41, 5.74) is 2.02. The van der Waals surface area contributed by atoms with Gasteiger partial charge in [0.15, 0.2) is 29.3 Å². The maximum atomic E-state index is 12.5. The minimum absolute atomic E-state index is 0.248. The molecule has 0 radical (unpaired) electrons. The molecule has 146 valence electrons. The van der Waals surface area contributed by atoms with Gasteiger partial charge in [0.1, 0.15) is 5.75 Å². The Morgan fingerprint density at radius 1 is 1.00 bits per heavy atom. The molecule has 0 bridgehead atoms. The van der Waals surface area contributed by atoms with Gasteiger partial charge in [-0.3, -0.25) is 4.79 Å². The molecule has 0 saturated carbocycles. The number of nitrogens with zero attached hydrogens (tertiary/aromatic N) is 1. The van der Waals surface area contributed by atoms with Gasteiger partial charge in [0.2, 0.25) is 0 Å². The number of carbonyl (C=O) groups excluding carboxylic acids is 1. The molecule has 2 aromatic carbocycles. The molecule has 0 saturated heterocycles. The van der Waals surface area contributed by atoms with Crippen LogP contribution in [0.4, 0.5) is 0 Å². The van der Waals surface area contributed by atoms with Crippen molar-refractivity contribution in [1.29, 1.82) is 0 Å². The average molecular weight is 382 g/mol. The van der Waals surface area contributed by atoms with Gasteiger partial charge >= 0.3 is 0 Å². The zero-order valence-electron chi connectivity index (χ0n) is 16.0. The van der Waals surface area contributed by atoms with Crippen LogP contribution in [0.2, 0.25) is 0 Å². The van der Waals surface area contributed by atoms with Crippen LogP contribution in [0.5, 0.6) is 17.2 Å². The summed E-state index contributed by atoms with van der Waals surface area (Å²) in [6.45, 7) is 0.448. The highest BCUT2D eigenvalue weighted by molar-refractivity contribution is 5.97. The van der Waals surface area contributed by atoms with Crippen LogP contribution in [0.25, 0.3) is 11.3 Å². The highest BCUT2D eigenvalue weighted by Crippen LogP contribution is 2.28. The minimum atomic E-state index is -0.292. The number of hydrogen-bond donors (Lipinski definition) is 1. The molecule has 1 heterocycles. The van der Waals surface area contributed by atoms with Crippen LogP contribution in [-0.2, 0) is 6.42 Å². The normalized spacial score (nSPS) is 10.4. The van der Waals surface area contributed by atoms with E-state index in [4.69, 9.17) is 18.6 Å². The third-order valence-corrected chi connectivity index (χ3v) is 4.28. The van der Waals surface area contributed by atoms with Crippen molar-refractivity contribution in [3.63, 3.8) is 0 Å². The summed E-state index contributed by atoms with van der Waals surface area (Å²) in [6.07, 6.45) is 1.91. The fraction of sp³-hybridized carbons (Fsp3) is 0.238. The molecule has 0 fully saturated rings. The average Bonchev–Trinajstić information content (AvgIpc) is 3.23. The van der Waals surface area contributed by atoms with E-state index in [0.29, 0.717) is 30.2 Å². The van der Waals surface area contributed by atoms with Crippen LogP contribution >= 0.6 is 0 Å². The third kappa shape index (κ3) is 4.25. The number of methoxy groups -OCH3 is 3. The maximum Gasteiger partial charge on any atom is 0.273 e. The molecular weight excluding hydrogens is 360 g/mol. The predicted molar refractivity (Wildman–Crippen MR) is 104 cm³/mol. The summed E-state index contributed by atoms with van der Waals surface area (Å²) in [4.78, 5) is 16.6. The van der Waals surface area contributed by atoms with Crippen LogP contribution < -0.4 is 19.5 Å². The van der Waals surface area contributed by atoms with Gasteiger partial charge in [-0.25, -0.2) is 4.98 Å². The number of benzene rings is 2. The van der Waals surface area contributed by atoms with Crippen molar-refractivity contribution in [2.75, 3.05) is 27.9 Å². The van der Waals surface area contributed by atoms with E-state index in [2.05, 4.69) is 10.3 Å². The summed E-state index contributed by atoms with van der Waals surface area (Å²) in [5.74, 6) is 2.18. The molecule has 3 aromatic rings. The first-order valence-electron chi connectivity index (χ1n) is 8.73. The minimum Gasteiger partial charge on any atom is -0.497 e. The molecule has 28 heavy (non-hydrogen) atoms. The van der Waals surface area contributed by atoms with Crippen LogP contribution in [0, 0.1) is 0 Å². The van der Waals surface area contributed by atoms with Gasteiger partial charge in [-0.2, -0.15) is 0 Å². The van der Waals surface area contributed by atoms with Crippen molar-refractivity contribution in [2.24, 2.45) is 0 Å². The summed E-state index contributed by atoms with van der Waals surface area (Å²) >= 11 is 0. The second kappa shape index (κ2) is 8.94. The molecule has 0 aliphatic heterocycles. The number of ether oxygens (including phenoxy) is 3. The zero-order chi connectivity index (χ0) is 19.9. The lowest BCUT2D eigenvalue weighted by Gasteiger charge is -2.10. The van der Waals surface area contributed by atoms with Gasteiger partial charge in [-0.1, -0.05) is 6.07 Å². The Kier molecular flexibility index (Phi) is 6.16. The first-order valence-corrected chi connectivity index (χ1v) is 8.73. The molecule has 0 aliphatic carbocycles. The highest BCUT2D eigenvalue weighted by Gasteiger charge is 2.18. The van der Waals surface area contributed by atoms with Crippen molar-refractivity contribution in [2.45, 2.75) is 6.42 Å². The summed E-state index contributed by atoms with van der Waals surface area (Å²) in [7, 11) is 4.78. The molecule has 7 heteroatoms. The van der Waals surface area contributed by atoms with Gasteiger partial charge in [0.25, 0.3) is 5.91 Å². The Bertz CT molecular complexity index is 934. The molecule has 0 unspecified atom stereocenters.